The molecule has 54 valence electrons. The predicted octanol–water partition coefficient (Wildman–Crippen LogP) is 0.367. The third-order valence-corrected chi connectivity index (χ3v) is 2.11. The molecule has 2 N–H and O–H groups in total. The molecule has 1 rings (SSSR count). The number of aliphatic hydroxyl groups excluding tert-OH is 1. The molecule has 1 aliphatic rings. The van der Waals surface area contributed by atoms with Gasteiger partial charge in [0.05, 0.1) is 6.10 Å². The SMILES string of the molecule is CC[C@H]1CCNC[C@@H]1O. The van der Waals surface area contributed by atoms with Gasteiger partial charge in [-0.05, 0) is 18.9 Å². The quantitative estimate of drug-likeness (QED) is 0.536. The maximum Gasteiger partial charge on any atom is 0.0693 e. The minimum atomic E-state index is -0.0938. The van der Waals surface area contributed by atoms with Gasteiger partial charge in [-0.2, -0.15) is 0 Å². The highest BCUT2D eigenvalue weighted by molar-refractivity contribution is 4.75. The van der Waals surface area contributed by atoms with Gasteiger partial charge in [0.2, 0.25) is 0 Å². The number of rotatable bonds is 1. The van der Waals surface area contributed by atoms with E-state index in [1.807, 2.05) is 0 Å². The van der Waals surface area contributed by atoms with E-state index in [4.69, 9.17) is 0 Å². The summed E-state index contributed by atoms with van der Waals surface area (Å²) in [7, 11) is 0. The molecule has 0 aliphatic carbocycles. The van der Waals surface area contributed by atoms with Crippen LogP contribution in [0.25, 0.3) is 0 Å². The lowest BCUT2D eigenvalue weighted by atomic mass is 9.93. The fraction of sp³-hybridized carbons (Fsp3) is 1.00. The van der Waals surface area contributed by atoms with Crippen LogP contribution in [-0.4, -0.2) is 24.3 Å². The zero-order valence-corrected chi connectivity index (χ0v) is 5.93. The number of β-amino-alcohol motifs (C(OH)–C–C–N with tert-alkyl or cyclic N) is 1. The van der Waals surface area contributed by atoms with Crippen LogP contribution < -0.4 is 5.32 Å². The lowest BCUT2D eigenvalue weighted by Crippen LogP contribution is -2.40. The second kappa shape index (κ2) is 3.18. The van der Waals surface area contributed by atoms with E-state index in [0.717, 1.165) is 25.9 Å². The Labute approximate surface area is 56.3 Å². The first-order chi connectivity index (χ1) is 4.34. The lowest BCUT2D eigenvalue weighted by molar-refractivity contribution is 0.0799. The van der Waals surface area contributed by atoms with Crippen LogP contribution in [0.4, 0.5) is 0 Å². The number of piperidine rings is 1. The van der Waals surface area contributed by atoms with Crippen molar-refractivity contribution < 1.29 is 5.11 Å². The summed E-state index contributed by atoms with van der Waals surface area (Å²) in [5.74, 6) is 0.547. The Morgan fingerprint density at radius 3 is 2.89 bits per heavy atom. The molecule has 2 atom stereocenters. The summed E-state index contributed by atoms with van der Waals surface area (Å²) >= 11 is 0. The van der Waals surface area contributed by atoms with Crippen LogP contribution in [0.3, 0.4) is 0 Å². The van der Waals surface area contributed by atoms with Crippen molar-refractivity contribution >= 4 is 0 Å². The summed E-state index contributed by atoms with van der Waals surface area (Å²) in [6.45, 7) is 4.01. The van der Waals surface area contributed by atoms with E-state index in [2.05, 4.69) is 12.2 Å². The number of aliphatic hydroxyl groups is 1. The molecule has 1 aliphatic heterocycles. The van der Waals surface area contributed by atoms with Gasteiger partial charge in [0, 0.05) is 6.54 Å². The first-order valence-electron chi connectivity index (χ1n) is 3.73. The standard InChI is InChI=1S/C7H15NO/c1-2-6-3-4-8-5-7(6)9/h6-9H,2-5H2,1H3/t6-,7-/m0/s1. The maximum absolute atomic E-state index is 9.31. The molecular weight excluding hydrogens is 114 g/mol. The average Bonchev–Trinajstić information content (AvgIpc) is 1.89. The van der Waals surface area contributed by atoms with Crippen LogP contribution in [0.15, 0.2) is 0 Å². The van der Waals surface area contributed by atoms with Crippen LogP contribution in [0, 0.1) is 5.92 Å². The third-order valence-electron chi connectivity index (χ3n) is 2.11. The molecule has 0 spiro atoms. The van der Waals surface area contributed by atoms with Crippen molar-refractivity contribution in [1.82, 2.24) is 5.32 Å². The third kappa shape index (κ3) is 1.66. The van der Waals surface area contributed by atoms with Crippen molar-refractivity contribution in [2.75, 3.05) is 13.1 Å². The van der Waals surface area contributed by atoms with Crippen LogP contribution in [0.5, 0.6) is 0 Å². The Hall–Kier alpha value is -0.0800. The van der Waals surface area contributed by atoms with Gasteiger partial charge in [0.15, 0.2) is 0 Å². The van der Waals surface area contributed by atoms with E-state index in [0.29, 0.717) is 5.92 Å². The number of hydrogen-bond acceptors (Lipinski definition) is 2. The van der Waals surface area contributed by atoms with E-state index >= 15 is 0 Å². The highest BCUT2D eigenvalue weighted by Crippen LogP contribution is 2.15. The van der Waals surface area contributed by atoms with E-state index in [1.54, 1.807) is 0 Å². The molecule has 2 heteroatoms. The topological polar surface area (TPSA) is 32.3 Å². The molecule has 2 nitrogen and oxygen atoms in total. The van der Waals surface area contributed by atoms with Gasteiger partial charge >= 0.3 is 0 Å². The van der Waals surface area contributed by atoms with Gasteiger partial charge in [-0.25, -0.2) is 0 Å². The summed E-state index contributed by atoms with van der Waals surface area (Å²) in [6, 6.07) is 0. The Kier molecular flexibility index (Phi) is 2.49. The molecule has 9 heavy (non-hydrogen) atoms. The fourth-order valence-electron chi connectivity index (χ4n) is 1.37. The normalized spacial score (nSPS) is 36.7. The van der Waals surface area contributed by atoms with Gasteiger partial charge in [-0.1, -0.05) is 13.3 Å². The zero-order valence-electron chi connectivity index (χ0n) is 5.93. The molecule has 1 fully saturated rings. The van der Waals surface area contributed by atoms with E-state index in [-0.39, 0.29) is 6.10 Å². The molecular formula is C7H15NO. The fourth-order valence-corrected chi connectivity index (χ4v) is 1.37. The highest BCUT2D eigenvalue weighted by atomic mass is 16.3. The maximum atomic E-state index is 9.31. The Morgan fingerprint density at radius 2 is 2.44 bits per heavy atom. The van der Waals surface area contributed by atoms with Crippen molar-refractivity contribution in [2.24, 2.45) is 5.92 Å². The van der Waals surface area contributed by atoms with Crippen LogP contribution >= 0.6 is 0 Å². The van der Waals surface area contributed by atoms with Crippen LogP contribution in [0.2, 0.25) is 0 Å². The largest absolute Gasteiger partial charge is 0.392 e. The highest BCUT2D eigenvalue weighted by Gasteiger charge is 2.19. The molecule has 1 saturated heterocycles. The van der Waals surface area contributed by atoms with Crippen molar-refractivity contribution in [1.29, 1.82) is 0 Å². The monoisotopic (exact) mass is 129 g/mol. The summed E-state index contributed by atoms with van der Waals surface area (Å²) in [4.78, 5) is 0. The minimum Gasteiger partial charge on any atom is -0.392 e. The molecule has 0 radical (unpaired) electrons. The van der Waals surface area contributed by atoms with Gasteiger partial charge in [0.25, 0.3) is 0 Å². The minimum absolute atomic E-state index is 0.0938. The van der Waals surface area contributed by atoms with E-state index < -0.39 is 0 Å². The zero-order chi connectivity index (χ0) is 6.69. The number of nitrogens with one attached hydrogen (secondary N) is 1. The molecule has 0 bridgehead atoms. The molecule has 1 heterocycles. The van der Waals surface area contributed by atoms with Crippen molar-refractivity contribution in [3.05, 3.63) is 0 Å². The predicted molar refractivity (Wildman–Crippen MR) is 37.3 cm³/mol. The summed E-state index contributed by atoms with van der Waals surface area (Å²) in [5, 5.41) is 12.5. The molecule has 0 aromatic carbocycles. The summed E-state index contributed by atoms with van der Waals surface area (Å²) < 4.78 is 0. The molecule has 0 aromatic heterocycles. The van der Waals surface area contributed by atoms with Crippen LogP contribution in [0.1, 0.15) is 19.8 Å². The first kappa shape index (κ1) is 7.03. The smallest absolute Gasteiger partial charge is 0.0693 e. The Bertz CT molecular complexity index is 85.0. The van der Waals surface area contributed by atoms with Gasteiger partial charge < -0.3 is 10.4 Å². The van der Waals surface area contributed by atoms with Crippen LogP contribution in [-0.2, 0) is 0 Å². The van der Waals surface area contributed by atoms with Crippen molar-refractivity contribution in [3.8, 4) is 0 Å². The second-order valence-electron chi connectivity index (χ2n) is 2.73. The Morgan fingerprint density at radius 1 is 1.67 bits per heavy atom. The average molecular weight is 129 g/mol. The first-order valence-corrected chi connectivity index (χ1v) is 3.73. The molecule has 0 aromatic rings. The van der Waals surface area contributed by atoms with Crippen molar-refractivity contribution in [2.45, 2.75) is 25.9 Å². The van der Waals surface area contributed by atoms with Gasteiger partial charge in [-0.15, -0.1) is 0 Å². The summed E-state index contributed by atoms with van der Waals surface area (Å²) in [6.07, 6.45) is 2.16. The molecule has 0 saturated carbocycles. The van der Waals surface area contributed by atoms with Gasteiger partial charge in [0.1, 0.15) is 0 Å². The van der Waals surface area contributed by atoms with Crippen molar-refractivity contribution in [3.63, 3.8) is 0 Å². The van der Waals surface area contributed by atoms with E-state index in [1.165, 1.54) is 0 Å². The summed E-state index contributed by atoms with van der Waals surface area (Å²) in [5.41, 5.74) is 0. The number of hydrogen-bond donors (Lipinski definition) is 2. The molecule has 0 amide bonds. The Balaban J connectivity index is 2.30. The van der Waals surface area contributed by atoms with E-state index in [9.17, 15) is 5.11 Å². The van der Waals surface area contributed by atoms with Gasteiger partial charge in [-0.3, -0.25) is 0 Å². The second-order valence-corrected chi connectivity index (χ2v) is 2.73. The molecule has 0 unspecified atom stereocenters. The lowest BCUT2D eigenvalue weighted by Gasteiger charge is -2.26.